The molecule has 1 unspecified atom stereocenters. The largest absolute Gasteiger partial charge is 0.466 e. The number of aliphatic hydroxyl groups is 1. The van der Waals surface area contributed by atoms with E-state index in [0.29, 0.717) is 23.7 Å². The van der Waals surface area contributed by atoms with E-state index in [1.165, 1.54) is 0 Å². The second kappa shape index (κ2) is 7.78. The Morgan fingerprint density at radius 2 is 2.05 bits per heavy atom. The van der Waals surface area contributed by atoms with E-state index in [2.05, 4.69) is 4.90 Å². The van der Waals surface area contributed by atoms with Crippen molar-refractivity contribution in [3.63, 3.8) is 0 Å². The van der Waals surface area contributed by atoms with E-state index < -0.39 is 12.0 Å². The van der Waals surface area contributed by atoms with Gasteiger partial charge in [0.2, 0.25) is 0 Å². The molecular formula is C16H22ClNO3. The fraction of sp³-hybridized carbons (Fsp3) is 0.562. The number of aliphatic hydroxyl groups excluding tert-OH is 1. The van der Waals surface area contributed by atoms with Gasteiger partial charge in [-0.15, -0.1) is 0 Å². The van der Waals surface area contributed by atoms with Gasteiger partial charge in [-0.1, -0.05) is 29.8 Å². The maximum atomic E-state index is 12.2. The van der Waals surface area contributed by atoms with E-state index in [-0.39, 0.29) is 5.97 Å². The standard InChI is InChI=1S/C16H22ClNO3/c1-2-21-16(20)13(11-18-9-5-6-10-18)15(19)12-7-3-4-8-14(12)17/h3-4,7-8,13,15,19H,2,5-6,9-11H2,1H3/t13-,15?/m0/s1. The van der Waals surface area contributed by atoms with Gasteiger partial charge in [-0.3, -0.25) is 4.79 Å². The molecule has 116 valence electrons. The number of carbonyl (C=O) groups excluding carboxylic acids is 1. The Labute approximate surface area is 130 Å². The van der Waals surface area contributed by atoms with Crippen LogP contribution in [0.4, 0.5) is 0 Å². The van der Waals surface area contributed by atoms with Crippen molar-refractivity contribution in [2.75, 3.05) is 26.2 Å². The van der Waals surface area contributed by atoms with Gasteiger partial charge in [0.15, 0.2) is 0 Å². The number of hydrogen-bond acceptors (Lipinski definition) is 4. The zero-order valence-corrected chi connectivity index (χ0v) is 13.1. The van der Waals surface area contributed by atoms with Crippen molar-refractivity contribution in [2.45, 2.75) is 25.9 Å². The van der Waals surface area contributed by atoms with E-state index in [0.717, 1.165) is 25.9 Å². The first-order valence-corrected chi connectivity index (χ1v) is 7.82. The third-order valence-electron chi connectivity index (χ3n) is 3.85. The van der Waals surface area contributed by atoms with Crippen molar-refractivity contribution in [1.29, 1.82) is 0 Å². The van der Waals surface area contributed by atoms with E-state index in [9.17, 15) is 9.90 Å². The van der Waals surface area contributed by atoms with E-state index in [1.807, 2.05) is 6.07 Å². The highest BCUT2D eigenvalue weighted by Crippen LogP contribution is 2.30. The van der Waals surface area contributed by atoms with Crippen molar-refractivity contribution in [3.05, 3.63) is 34.9 Å². The van der Waals surface area contributed by atoms with Crippen LogP contribution in [0, 0.1) is 5.92 Å². The van der Waals surface area contributed by atoms with Crippen LogP contribution in [0.2, 0.25) is 5.02 Å². The second-order valence-electron chi connectivity index (χ2n) is 5.33. The highest BCUT2D eigenvalue weighted by molar-refractivity contribution is 6.31. The molecule has 0 spiro atoms. The van der Waals surface area contributed by atoms with E-state index in [1.54, 1.807) is 25.1 Å². The summed E-state index contributed by atoms with van der Waals surface area (Å²) in [5.74, 6) is -0.972. The van der Waals surface area contributed by atoms with Crippen molar-refractivity contribution >= 4 is 17.6 Å². The van der Waals surface area contributed by atoms with Crippen LogP contribution < -0.4 is 0 Å². The van der Waals surface area contributed by atoms with Gasteiger partial charge in [-0.05, 0) is 38.9 Å². The first-order chi connectivity index (χ1) is 10.1. The molecule has 1 fully saturated rings. The van der Waals surface area contributed by atoms with E-state index in [4.69, 9.17) is 16.3 Å². The molecule has 0 amide bonds. The number of nitrogens with zero attached hydrogens (tertiary/aromatic N) is 1. The molecule has 1 aromatic carbocycles. The summed E-state index contributed by atoms with van der Waals surface area (Å²) in [6, 6.07) is 7.09. The predicted octanol–water partition coefficient (Wildman–Crippen LogP) is 2.65. The van der Waals surface area contributed by atoms with Crippen molar-refractivity contribution in [1.82, 2.24) is 4.90 Å². The zero-order chi connectivity index (χ0) is 15.2. The molecule has 1 aromatic rings. The Hall–Kier alpha value is -1.10. The molecule has 0 aromatic heterocycles. The van der Waals surface area contributed by atoms with Crippen LogP contribution in [-0.2, 0) is 9.53 Å². The highest BCUT2D eigenvalue weighted by Gasteiger charge is 2.32. The molecular weight excluding hydrogens is 290 g/mol. The first kappa shape index (κ1) is 16.3. The fourth-order valence-corrected chi connectivity index (χ4v) is 2.98. The maximum Gasteiger partial charge on any atom is 0.313 e. The number of benzene rings is 1. The van der Waals surface area contributed by atoms with Crippen LogP contribution in [0.15, 0.2) is 24.3 Å². The highest BCUT2D eigenvalue weighted by atomic mass is 35.5. The molecule has 1 aliphatic rings. The molecule has 4 nitrogen and oxygen atoms in total. The average Bonchev–Trinajstić information content (AvgIpc) is 2.98. The Kier molecular flexibility index (Phi) is 6.03. The molecule has 0 bridgehead atoms. The van der Waals surface area contributed by atoms with Gasteiger partial charge in [-0.2, -0.15) is 0 Å². The fourth-order valence-electron chi connectivity index (χ4n) is 2.73. The van der Waals surface area contributed by atoms with Crippen LogP contribution in [0.5, 0.6) is 0 Å². The summed E-state index contributed by atoms with van der Waals surface area (Å²) in [6.07, 6.45) is 1.33. The molecule has 1 saturated heterocycles. The molecule has 0 aliphatic carbocycles. The summed E-state index contributed by atoms with van der Waals surface area (Å²) < 4.78 is 5.13. The van der Waals surface area contributed by atoms with Gasteiger partial charge in [0.05, 0.1) is 18.6 Å². The maximum absolute atomic E-state index is 12.2. The van der Waals surface area contributed by atoms with Crippen LogP contribution in [-0.4, -0.2) is 42.2 Å². The van der Waals surface area contributed by atoms with Gasteiger partial charge >= 0.3 is 5.97 Å². The minimum Gasteiger partial charge on any atom is -0.466 e. The minimum atomic E-state index is -0.946. The lowest BCUT2D eigenvalue weighted by Gasteiger charge is -2.26. The van der Waals surface area contributed by atoms with Crippen molar-refractivity contribution in [3.8, 4) is 0 Å². The van der Waals surface area contributed by atoms with Crippen LogP contribution >= 0.6 is 11.6 Å². The summed E-state index contributed by atoms with van der Waals surface area (Å²) in [5.41, 5.74) is 0.580. The Bertz CT molecular complexity index is 474. The second-order valence-corrected chi connectivity index (χ2v) is 5.74. The minimum absolute atomic E-state index is 0.310. The predicted molar refractivity (Wildman–Crippen MR) is 82.2 cm³/mol. The normalized spacial score (nSPS) is 18.4. The number of ether oxygens (including phenoxy) is 1. The number of halogens is 1. The molecule has 0 radical (unpaired) electrons. The first-order valence-electron chi connectivity index (χ1n) is 7.45. The number of rotatable bonds is 6. The lowest BCUT2D eigenvalue weighted by molar-refractivity contribution is -0.153. The number of esters is 1. The van der Waals surface area contributed by atoms with Gasteiger partial charge in [-0.25, -0.2) is 0 Å². The zero-order valence-electron chi connectivity index (χ0n) is 12.3. The molecule has 1 heterocycles. The van der Waals surface area contributed by atoms with Gasteiger partial charge < -0.3 is 14.7 Å². The SMILES string of the molecule is CCOC(=O)[C@@H](CN1CCCC1)C(O)c1ccccc1Cl. The number of carbonyl (C=O) groups is 1. The molecule has 21 heavy (non-hydrogen) atoms. The molecule has 2 rings (SSSR count). The van der Waals surface area contributed by atoms with Crippen molar-refractivity contribution < 1.29 is 14.6 Å². The van der Waals surface area contributed by atoms with E-state index >= 15 is 0 Å². The molecule has 1 aliphatic heterocycles. The van der Waals surface area contributed by atoms with Crippen LogP contribution in [0.25, 0.3) is 0 Å². The quantitative estimate of drug-likeness (QED) is 0.821. The summed E-state index contributed by atoms with van der Waals surface area (Å²) >= 11 is 6.14. The number of likely N-dealkylation sites (tertiary alicyclic amines) is 1. The van der Waals surface area contributed by atoms with Crippen LogP contribution in [0.1, 0.15) is 31.4 Å². The monoisotopic (exact) mass is 311 g/mol. The Balaban J connectivity index is 2.16. The summed E-state index contributed by atoms with van der Waals surface area (Å²) in [5, 5.41) is 11.1. The van der Waals surface area contributed by atoms with Crippen molar-refractivity contribution in [2.24, 2.45) is 5.92 Å². The topological polar surface area (TPSA) is 49.8 Å². The summed E-state index contributed by atoms with van der Waals surface area (Å²) in [4.78, 5) is 14.4. The molecule has 5 heteroatoms. The summed E-state index contributed by atoms with van der Waals surface area (Å²) in [6.45, 7) is 4.51. The lowest BCUT2D eigenvalue weighted by Crippen LogP contribution is -2.36. The Morgan fingerprint density at radius 3 is 2.67 bits per heavy atom. The summed E-state index contributed by atoms with van der Waals surface area (Å²) in [7, 11) is 0. The lowest BCUT2D eigenvalue weighted by atomic mass is 9.95. The van der Waals surface area contributed by atoms with Crippen LogP contribution in [0.3, 0.4) is 0 Å². The van der Waals surface area contributed by atoms with Gasteiger partial charge in [0.1, 0.15) is 0 Å². The smallest absolute Gasteiger partial charge is 0.313 e. The van der Waals surface area contributed by atoms with Gasteiger partial charge in [0, 0.05) is 17.1 Å². The number of hydrogen-bond donors (Lipinski definition) is 1. The molecule has 1 N–H and O–H groups in total. The third-order valence-corrected chi connectivity index (χ3v) is 4.19. The third kappa shape index (κ3) is 4.19. The molecule has 0 saturated carbocycles. The Morgan fingerprint density at radius 1 is 1.38 bits per heavy atom. The van der Waals surface area contributed by atoms with Gasteiger partial charge in [0.25, 0.3) is 0 Å². The average molecular weight is 312 g/mol. The molecule has 2 atom stereocenters.